The van der Waals surface area contributed by atoms with Crippen molar-refractivity contribution in [2.75, 3.05) is 18.8 Å². The highest BCUT2D eigenvalue weighted by atomic mass is 16.5. The Bertz CT molecular complexity index is 1450. The van der Waals surface area contributed by atoms with E-state index in [0.29, 0.717) is 47.9 Å². The van der Waals surface area contributed by atoms with Crippen LogP contribution in [0.25, 0.3) is 16.9 Å². The van der Waals surface area contributed by atoms with Gasteiger partial charge in [0, 0.05) is 13.1 Å². The number of benzene rings is 1. The minimum atomic E-state index is -0.339. The SMILES string of the molecule is C=C/C(=C\C=C(/C)Oc1ccccc1)n1c(=O)n(C2CCN(C(=O)C#CC)C2)c2ncnc(N)c21. The molecular formula is C26H26N6O3. The molecule has 9 heteroatoms. The summed E-state index contributed by atoms with van der Waals surface area (Å²) in [5.74, 6) is 6.42. The van der Waals surface area contributed by atoms with Crippen molar-refractivity contribution in [3.05, 3.63) is 77.7 Å². The van der Waals surface area contributed by atoms with Gasteiger partial charge in [0.15, 0.2) is 11.5 Å². The highest BCUT2D eigenvalue weighted by Crippen LogP contribution is 2.27. The highest BCUT2D eigenvalue weighted by Gasteiger charge is 2.31. The van der Waals surface area contributed by atoms with Crippen molar-refractivity contribution in [1.29, 1.82) is 0 Å². The number of ether oxygens (including phenoxy) is 1. The van der Waals surface area contributed by atoms with E-state index < -0.39 is 0 Å². The van der Waals surface area contributed by atoms with E-state index >= 15 is 0 Å². The van der Waals surface area contributed by atoms with E-state index in [1.54, 1.807) is 34.6 Å². The molecule has 178 valence electrons. The summed E-state index contributed by atoms with van der Waals surface area (Å²) in [6.07, 6.45) is 6.96. The first-order chi connectivity index (χ1) is 16.9. The summed E-state index contributed by atoms with van der Waals surface area (Å²) in [7, 11) is 0. The zero-order valence-corrected chi connectivity index (χ0v) is 19.6. The van der Waals surface area contributed by atoms with Crippen LogP contribution in [0.4, 0.5) is 5.82 Å². The smallest absolute Gasteiger partial charge is 0.335 e. The maximum atomic E-state index is 13.7. The van der Waals surface area contributed by atoms with Gasteiger partial charge in [0.05, 0.1) is 11.7 Å². The van der Waals surface area contributed by atoms with Gasteiger partial charge < -0.3 is 15.4 Å². The van der Waals surface area contributed by atoms with E-state index in [4.69, 9.17) is 10.5 Å². The second kappa shape index (κ2) is 10.1. The molecule has 0 radical (unpaired) electrons. The van der Waals surface area contributed by atoms with Gasteiger partial charge in [-0.2, -0.15) is 0 Å². The number of anilines is 1. The van der Waals surface area contributed by atoms with Gasteiger partial charge in [-0.25, -0.2) is 14.8 Å². The molecule has 4 rings (SSSR count). The number of hydrogen-bond acceptors (Lipinski definition) is 6. The van der Waals surface area contributed by atoms with E-state index in [1.807, 2.05) is 37.3 Å². The van der Waals surface area contributed by atoms with Crippen LogP contribution in [0, 0.1) is 11.8 Å². The van der Waals surface area contributed by atoms with Crippen LogP contribution in [0.5, 0.6) is 5.75 Å². The lowest BCUT2D eigenvalue weighted by Gasteiger charge is -2.14. The number of nitrogen functional groups attached to an aromatic ring is 1. The van der Waals surface area contributed by atoms with E-state index in [0.717, 1.165) is 0 Å². The van der Waals surface area contributed by atoms with Gasteiger partial charge in [0.2, 0.25) is 0 Å². The first kappa shape index (κ1) is 23.6. The maximum absolute atomic E-state index is 13.7. The molecule has 0 aliphatic carbocycles. The van der Waals surface area contributed by atoms with Crippen LogP contribution in [0.1, 0.15) is 26.3 Å². The standard InChI is InChI=1S/C26H26N6O3/c1-4-9-22(33)30-15-14-20(16-30)32-25-23(24(27)28-17-29-25)31(26(32)34)19(5-2)13-12-18(3)35-21-10-7-6-8-11-21/h5-8,10-13,17,20H,2,14-16H2,1,3H3,(H2,27,28,29)/b18-12+,19-13+. The van der Waals surface area contributed by atoms with Gasteiger partial charge in [0.25, 0.3) is 5.91 Å². The number of para-hydroxylation sites is 1. The normalized spacial score (nSPS) is 16.2. The number of fused-ring (bicyclic) bond motifs is 1. The number of likely N-dealkylation sites (tertiary alicyclic amines) is 1. The first-order valence-electron chi connectivity index (χ1n) is 11.1. The molecule has 1 fully saturated rings. The third kappa shape index (κ3) is 4.73. The quantitative estimate of drug-likeness (QED) is 0.337. The van der Waals surface area contributed by atoms with Gasteiger partial charge in [0.1, 0.15) is 23.4 Å². The van der Waals surface area contributed by atoms with E-state index in [2.05, 4.69) is 28.4 Å². The molecule has 3 heterocycles. The van der Waals surface area contributed by atoms with Crippen molar-refractivity contribution in [2.24, 2.45) is 0 Å². The maximum Gasteiger partial charge on any atom is 0.335 e. The Balaban J connectivity index is 1.75. The number of aromatic nitrogens is 4. The number of nitrogens with zero attached hydrogens (tertiary/aromatic N) is 5. The van der Waals surface area contributed by atoms with Crippen molar-refractivity contribution in [3.63, 3.8) is 0 Å². The molecule has 0 saturated carbocycles. The molecule has 0 bridgehead atoms. The number of nitrogens with two attached hydrogens (primary N) is 1. The minimum Gasteiger partial charge on any atom is -0.462 e. The van der Waals surface area contributed by atoms with Gasteiger partial charge in [-0.3, -0.25) is 13.9 Å². The minimum absolute atomic E-state index is 0.169. The van der Waals surface area contributed by atoms with Crippen LogP contribution >= 0.6 is 0 Å². The fourth-order valence-corrected chi connectivity index (χ4v) is 4.10. The van der Waals surface area contributed by atoms with Crippen LogP contribution in [0.3, 0.4) is 0 Å². The second-order valence-electron chi connectivity index (χ2n) is 7.98. The zero-order chi connectivity index (χ0) is 24.9. The largest absolute Gasteiger partial charge is 0.462 e. The fraction of sp³-hybridized carbons (Fsp3) is 0.231. The van der Waals surface area contributed by atoms with Gasteiger partial charge in [-0.05, 0) is 56.5 Å². The highest BCUT2D eigenvalue weighted by molar-refractivity contribution is 5.93. The molecule has 3 aromatic rings. The molecule has 9 nitrogen and oxygen atoms in total. The number of amides is 1. The van der Waals surface area contributed by atoms with Gasteiger partial charge >= 0.3 is 5.69 Å². The monoisotopic (exact) mass is 470 g/mol. The Morgan fingerprint density at radius 2 is 2.03 bits per heavy atom. The van der Waals surface area contributed by atoms with E-state index in [9.17, 15) is 9.59 Å². The Hall–Kier alpha value is -4.58. The van der Waals surface area contributed by atoms with E-state index in [-0.39, 0.29) is 23.5 Å². The van der Waals surface area contributed by atoms with Gasteiger partial charge in [-0.1, -0.05) is 30.7 Å². The lowest BCUT2D eigenvalue weighted by Crippen LogP contribution is -2.31. The first-order valence-corrected chi connectivity index (χ1v) is 11.1. The van der Waals surface area contributed by atoms with Crippen LogP contribution in [-0.4, -0.2) is 43.0 Å². The predicted octanol–water partition coefficient (Wildman–Crippen LogP) is 2.98. The molecule has 1 saturated heterocycles. The summed E-state index contributed by atoms with van der Waals surface area (Å²) in [6.45, 7) is 8.17. The lowest BCUT2D eigenvalue weighted by atomic mass is 10.2. The number of rotatable bonds is 6. The lowest BCUT2D eigenvalue weighted by molar-refractivity contribution is -0.124. The Morgan fingerprint density at radius 3 is 2.74 bits per heavy atom. The van der Waals surface area contributed by atoms with Crippen molar-refractivity contribution in [3.8, 4) is 17.6 Å². The third-order valence-electron chi connectivity index (χ3n) is 5.71. The number of imidazole rings is 1. The molecule has 1 aliphatic rings. The summed E-state index contributed by atoms with van der Waals surface area (Å²) in [5.41, 5.74) is 7.13. The summed E-state index contributed by atoms with van der Waals surface area (Å²) < 4.78 is 8.84. The second-order valence-corrected chi connectivity index (χ2v) is 7.98. The molecule has 1 unspecified atom stereocenters. The van der Waals surface area contributed by atoms with Crippen LogP contribution < -0.4 is 16.2 Å². The van der Waals surface area contributed by atoms with Crippen molar-refractivity contribution >= 4 is 28.6 Å². The summed E-state index contributed by atoms with van der Waals surface area (Å²) in [4.78, 5) is 36.0. The van der Waals surface area contributed by atoms with Crippen LogP contribution in [0.15, 0.2) is 72.0 Å². The number of carbonyl (C=O) groups excluding carboxylic acids is 1. The van der Waals surface area contributed by atoms with Gasteiger partial charge in [-0.15, -0.1) is 0 Å². The molecule has 1 aromatic carbocycles. The van der Waals surface area contributed by atoms with Crippen molar-refractivity contribution in [1.82, 2.24) is 24.0 Å². The molecule has 1 amide bonds. The molecule has 0 spiro atoms. The zero-order valence-electron chi connectivity index (χ0n) is 19.6. The predicted molar refractivity (Wildman–Crippen MR) is 135 cm³/mol. The Morgan fingerprint density at radius 1 is 1.26 bits per heavy atom. The number of allylic oxidation sites excluding steroid dienone is 5. The molecule has 35 heavy (non-hydrogen) atoms. The van der Waals surface area contributed by atoms with Crippen LogP contribution in [0.2, 0.25) is 0 Å². The Kier molecular flexibility index (Phi) is 6.83. The molecule has 2 N–H and O–H groups in total. The van der Waals surface area contributed by atoms with Crippen molar-refractivity contribution < 1.29 is 9.53 Å². The summed E-state index contributed by atoms with van der Waals surface area (Å²) >= 11 is 0. The summed E-state index contributed by atoms with van der Waals surface area (Å²) in [6, 6.07) is 9.12. The fourth-order valence-electron chi connectivity index (χ4n) is 4.10. The third-order valence-corrected chi connectivity index (χ3v) is 5.71. The number of carbonyl (C=O) groups is 1. The average Bonchev–Trinajstić information content (AvgIpc) is 3.44. The number of hydrogen-bond donors (Lipinski definition) is 1. The van der Waals surface area contributed by atoms with Crippen molar-refractivity contribution in [2.45, 2.75) is 26.3 Å². The summed E-state index contributed by atoms with van der Waals surface area (Å²) in [5, 5.41) is 0. The molecule has 1 aliphatic heterocycles. The molecule has 1 atom stereocenters. The van der Waals surface area contributed by atoms with Crippen LogP contribution in [-0.2, 0) is 4.79 Å². The Labute approximate surface area is 202 Å². The average molecular weight is 471 g/mol. The molecular weight excluding hydrogens is 444 g/mol. The topological polar surface area (TPSA) is 108 Å². The van der Waals surface area contributed by atoms with E-state index in [1.165, 1.54) is 10.9 Å². The molecule has 2 aromatic heterocycles.